The molecule has 3 aromatic rings. The summed E-state index contributed by atoms with van der Waals surface area (Å²) in [5.74, 6) is 0.707. The van der Waals surface area contributed by atoms with Gasteiger partial charge < -0.3 is 15.3 Å². The Hall–Kier alpha value is -3.07. The highest BCUT2D eigenvalue weighted by molar-refractivity contribution is 5.69. The van der Waals surface area contributed by atoms with Gasteiger partial charge in [-0.15, -0.1) is 15.3 Å². The fraction of sp³-hybridized carbons (Fsp3) is 0.429. The second-order valence-corrected chi connectivity index (χ2v) is 8.09. The summed E-state index contributed by atoms with van der Waals surface area (Å²) in [6.45, 7) is 0. The summed E-state index contributed by atoms with van der Waals surface area (Å²) in [5, 5.41) is 30.2. The molecule has 0 radical (unpaired) electrons. The fourth-order valence-corrected chi connectivity index (χ4v) is 4.60. The van der Waals surface area contributed by atoms with E-state index in [0.717, 1.165) is 25.7 Å². The van der Waals surface area contributed by atoms with Crippen molar-refractivity contribution in [2.45, 2.75) is 50.0 Å². The number of nitrogens with zero attached hydrogens (tertiary/aromatic N) is 6. The number of phenolic OH excluding ortho intramolecular Hbond substituents is 1. The van der Waals surface area contributed by atoms with Crippen molar-refractivity contribution >= 4 is 5.82 Å². The van der Waals surface area contributed by atoms with E-state index in [0.29, 0.717) is 28.8 Å². The van der Waals surface area contributed by atoms with Crippen molar-refractivity contribution in [3.05, 3.63) is 42.7 Å². The molecule has 0 saturated carbocycles. The summed E-state index contributed by atoms with van der Waals surface area (Å²) in [4.78, 5) is 1.90. The van der Waals surface area contributed by atoms with Gasteiger partial charge in [0.15, 0.2) is 5.82 Å². The van der Waals surface area contributed by atoms with Crippen LogP contribution in [0.4, 0.5) is 10.2 Å². The number of phenols is 1. The predicted molar refractivity (Wildman–Crippen MR) is 110 cm³/mol. The molecule has 2 aliphatic rings. The van der Waals surface area contributed by atoms with Gasteiger partial charge in [-0.05, 0) is 43.5 Å². The Morgan fingerprint density at radius 2 is 2.10 bits per heavy atom. The van der Waals surface area contributed by atoms with Gasteiger partial charge in [0, 0.05) is 30.8 Å². The zero-order valence-electron chi connectivity index (χ0n) is 16.7. The van der Waals surface area contributed by atoms with E-state index < -0.39 is 6.17 Å². The largest absolute Gasteiger partial charge is 0.507 e. The summed E-state index contributed by atoms with van der Waals surface area (Å²) in [6, 6.07) is 8.92. The number of hydrogen-bond acceptors (Lipinski definition) is 7. The number of rotatable bonds is 4. The summed E-state index contributed by atoms with van der Waals surface area (Å²) >= 11 is 0. The Morgan fingerprint density at radius 3 is 2.83 bits per heavy atom. The van der Waals surface area contributed by atoms with Crippen molar-refractivity contribution < 1.29 is 9.50 Å². The molecular weight excluding hydrogens is 385 g/mol. The van der Waals surface area contributed by atoms with E-state index in [1.807, 2.05) is 24.1 Å². The fourth-order valence-electron chi connectivity index (χ4n) is 4.60. The first-order valence-corrected chi connectivity index (χ1v) is 10.3. The molecule has 0 spiro atoms. The van der Waals surface area contributed by atoms with E-state index in [-0.39, 0.29) is 17.8 Å². The molecule has 8 nitrogen and oxygen atoms in total. The molecule has 2 N–H and O–H groups in total. The molecule has 2 aliphatic heterocycles. The van der Waals surface area contributed by atoms with Crippen molar-refractivity contribution in [3.8, 4) is 22.7 Å². The zero-order valence-corrected chi connectivity index (χ0v) is 16.7. The minimum atomic E-state index is -0.929. The van der Waals surface area contributed by atoms with Crippen LogP contribution in [0.15, 0.2) is 42.7 Å². The summed E-state index contributed by atoms with van der Waals surface area (Å²) < 4.78 is 16.6. The van der Waals surface area contributed by atoms with Crippen LogP contribution in [0, 0.1) is 0 Å². The Balaban J connectivity index is 1.35. The van der Waals surface area contributed by atoms with E-state index in [4.69, 9.17) is 0 Å². The van der Waals surface area contributed by atoms with E-state index >= 15 is 4.39 Å². The molecule has 4 heterocycles. The molecule has 2 aromatic heterocycles. The van der Waals surface area contributed by atoms with Crippen molar-refractivity contribution in [1.29, 1.82) is 0 Å². The van der Waals surface area contributed by atoms with Crippen molar-refractivity contribution in [3.63, 3.8) is 0 Å². The first-order chi connectivity index (χ1) is 14.6. The second-order valence-electron chi connectivity index (χ2n) is 8.09. The summed E-state index contributed by atoms with van der Waals surface area (Å²) in [5.41, 5.74) is 1.82. The lowest BCUT2D eigenvalue weighted by atomic mass is 9.82. The van der Waals surface area contributed by atoms with Crippen molar-refractivity contribution in [1.82, 2.24) is 30.5 Å². The van der Waals surface area contributed by atoms with Crippen LogP contribution < -0.4 is 10.2 Å². The maximum absolute atomic E-state index is 15.0. The van der Waals surface area contributed by atoms with E-state index in [2.05, 4.69) is 25.8 Å². The third-order valence-electron chi connectivity index (χ3n) is 6.25. The lowest BCUT2D eigenvalue weighted by Gasteiger charge is -2.46. The van der Waals surface area contributed by atoms with Crippen LogP contribution >= 0.6 is 0 Å². The number of hydrogen-bond donors (Lipinski definition) is 2. The number of alkyl halides is 1. The van der Waals surface area contributed by atoms with E-state index in [1.54, 1.807) is 35.3 Å². The molecule has 156 valence electrons. The predicted octanol–water partition coefficient (Wildman–Crippen LogP) is 2.49. The Bertz CT molecular complexity index is 1010. The Labute approximate surface area is 173 Å². The molecule has 2 bridgehead atoms. The first-order valence-electron chi connectivity index (χ1n) is 10.3. The van der Waals surface area contributed by atoms with Gasteiger partial charge >= 0.3 is 0 Å². The number of anilines is 1. The number of piperidine rings is 2. The van der Waals surface area contributed by atoms with Crippen molar-refractivity contribution in [2.75, 3.05) is 11.9 Å². The highest BCUT2D eigenvalue weighted by atomic mass is 19.1. The normalized spacial score (nSPS) is 25.8. The van der Waals surface area contributed by atoms with Gasteiger partial charge in [0.1, 0.15) is 11.9 Å². The average Bonchev–Trinajstić information content (AvgIpc) is 3.31. The van der Waals surface area contributed by atoms with E-state index in [1.165, 1.54) is 0 Å². The van der Waals surface area contributed by atoms with Gasteiger partial charge in [-0.3, -0.25) is 0 Å². The lowest BCUT2D eigenvalue weighted by Crippen LogP contribution is -2.61. The number of nitrogens with one attached hydrogen (secondary N) is 1. The Morgan fingerprint density at radius 1 is 1.20 bits per heavy atom. The maximum Gasteiger partial charge on any atom is 0.151 e. The van der Waals surface area contributed by atoms with Crippen LogP contribution in [0.5, 0.6) is 5.75 Å². The number of halogens is 1. The monoisotopic (exact) mass is 409 g/mol. The van der Waals surface area contributed by atoms with Gasteiger partial charge in [0.2, 0.25) is 0 Å². The van der Waals surface area contributed by atoms with Crippen LogP contribution in [0.2, 0.25) is 0 Å². The second kappa shape index (κ2) is 7.64. The maximum atomic E-state index is 15.0. The number of aromatic hydroxyl groups is 1. The van der Waals surface area contributed by atoms with Gasteiger partial charge in [0.25, 0.3) is 0 Å². The zero-order chi connectivity index (χ0) is 20.7. The molecule has 0 unspecified atom stereocenters. The SMILES string of the molecule is CN(c1ccc(-c2ccc(-n3ccnn3)cc2O)nn1)[C@H]1C[C@H]2CCC[C@H](N2)[C@H]1F. The molecule has 9 heteroatoms. The number of benzene rings is 1. The highest BCUT2D eigenvalue weighted by Crippen LogP contribution is 2.33. The summed E-state index contributed by atoms with van der Waals surface area (Å²) in [6.07, 6.45) is 6.18. The van der Waals surface area contributed by atoms with Gasteiger partial charge in [-0.25, -0.2) is 9.07 Å². The van der Waals surface area contributed by atoms with Crippen LogP contribution in [-0.2, 0) is 0 Å². The first kappa shape index (κ1) is 18.9. The minimum Gasteiger partial charge on any atom is -0.507 e. The van der Waals surface area contributed by atoms with Crippen LogP contribution in [0.3, 0.4) is 0 Å². The molecule has 2 saturated heterocycles. The van der Waals surface area contributed by atoms with Crippen LogP contribution in [0.25, 0.3) is 16.9 Å². The highest BCUT2D eigenvalue weighted by Gasteiger charge is 2.41. The minimum absolute atomic E-state index is 0.0716. The van der Waals surface area contributed by atoms with E-state index in [9.17, 15) is 5.11 Å². The Kier molecular flexibility index (Phi) is 4.82. The molecule has 5 rings (SSSR count). The summed E-state index contributed by atoms with van der Waals surface area (Å²) in [7, 11) is 1.88. The van der Waals surface area contributed by atoms with Crippen molar-refractivity contribution in [2.24, 2.45) is 0 Å². The molecule has 0 amide bonds. The third kappa shape index (κ3) is 3.39. The molecular formula is C21H24FN7O. The van der Waals surface area contributed by atoms with Crippen LogP contribution in [0.1, 0.15) is 25.7 Å². The number of aromatic nitrogens is 5. The lowest BCUT2D eigenvalue weighted by molar-refractivity contribution is 0.107. The van der Waals surface area contributed by atoms with Gasteiger partial charge in [-0.2, -0.15) is 0 Å². The topological polar surface area (TPSA) is 92.0 Å². The standard InChI is InChI=1S/C21H24FN7O/c1-28(18-11-13-3-2-4-17(24-13)21(18)22)20-8-7-16(25-26-20)15-6-5-14(12-19(15)30)29-10-9-23-27-29/h5-10,12-13,17-18,21,24,30H,2-4,11H2,1H3/t13-,17+,18+,21-/m1/s1. The molecule has 1 aromatic carbocycles. The van der Waals surface area contributed by atoms with Gasteiger partial charge in [-0.1, -0.05) is 11.6 Å². The molecule has 30 heavy (non-hydrogen) atoms. The smallest absolute Gasteiger partial charge is 0.151 e. The third-order valence-corrected chi connectivity index (χ3v) is 6.25. The molecule has 2 fully saturated rings. The van der Waals surface area contributed by atoms with Crippen LogP contribution in [-0.4, -0.2) is 61.6 Å². The number of fused-ring (bicyclic) bond motifs is 2. The molecule has 4 atom stereocenters. The van der Waals surface area contributed by atoms with Gasteiger partial charge in [0.05, 0.1) is 29.8 Å². The quantitative estimate of drug-likeness (QED) is 0.684. The average molecular weight is 409 g/mol. The molecule has 0 aliphatic carbocycles.